The van der Waals surface area contributed by atoms with Crippen molar-refractivity contribution in [3.05, 3.63) is 47.0 Å². The number of nitrogens with zero attached hydrogens (tertiary/aromatic N) is 2. The molecule has 6 nitrogen and oxygen atoms in total. The van der Waals surface area contributed by atoms with Gasteiger partial charge in [0.05, 0.1) is 19.1 Å². The smallest absolute Gasteiger partial charge is 0.323 e. The Hall–Kier alpha value is -2.63. The molecule has 0 aliphatic heterocycles. The van der Waals surface area contributed by atoms with Crippen LogP contribution in [0.4, 0.5) is 0 Å². The summed E-state index contributed by atoms with van der Waals surface area (Å²) >= 11 is 0. The van der Waals surface area contributed by atoms with Crippen LogP contribution >= 0.6 is 0 Å². The van der Waals surface area contributed by atoms with E-state index in [-0.39, 0.29) is 0 Å². The first kappa shape index (κ1) is 12.8. The summed E-state index contributed by atoms with van der Waals surface area (Å²) in [6.07, 6.45) is 1.23. The summed E-state index contributed by atoms with van der Waals surface area (Å²) in [6.45, 7) is -0.399. The van der Waals surface area contributed by atoms with Crippen LogP contribution in [0.25, 0.3) is 11.3 Å². The molecule has 6 heteroatoms. The molecule has 0 saturated heterocycles. The van der Waals surface area contributed by atoms with Gasteiger partial charge in [0.15, 0.2) is 0 Å². The van der Waals surface area contributed by atoms with E-state index in [1.54, 1.807) is 31.4 Å². The molecule has 0 fully saturated rings. The maximum atomic E-state index is 11.7. The van der Waals surface area contributed by atoms with Crippen molar-refractivity contribution in [2.24, 2.45) is 0 Å². The fourth-order valence-electron chi connectivity index (χ4n) is 1.63. The summed E-state index contributed by atoms with van der Waals surface area (Å²) in [7, 11) is 1.55. The van der Waals surface area contributed by atoms with Crippen LogP contribution in [0.1, 0.15) is 0 Å². The molecule has 2 aromatic rings. The number of rotatable bonds is 4. The van der Waals surface area contributed by atoms with E-state index in [4.69, 9.17) is 9.84 Å². The zero-order valence-corrected chi connectivity index (χ0v) is 10.2. The van der Waals surface area contributed by atoms with Gasteiger partial charge in [0, 0.05) is 11.6 Å². The normalized spacial score (nSPS) is 10.2. The molecule has 2 rings (SSSR count). The number of carboxylic acids is 1. The van der Waals surface area contributed by atoms with Gasteiger partial charge in [-0.2, -0.15) is 0 Å². The number of hydrogen-bond donors (Lipinski definition) is 1. The quantitative estimate of drug-likeness (QED) is 0.887. The van der Waals surface area contributed by atoms with Crippen molar-refractivity contribution in [3.63, 3.8) is 0 Å². The van der Waals surface area contributed by atoms with Crippen molar-refractivity contribution in [2.75, 3.05) is 7.11 Å². The number of hydrogen-bond acceptors (Lipinski definition) is 4. The summed E-state index contributed by atoms with van der Waals surface area (Å²) < 4.78 is 6.13. The SMILES string of the molecule is COc1cccc(-c2cc(=O)n(CC(=O)O)cn2)c1. The van der Waals surface area contributed by atoms with Gasteiger partial charge in [-0.05, 0) is 12.1 Å². The van der Waals surface area contributed by atoms with Gasteiger partial charge in [-0.15, -0.1) is 0 Å². The molecule has 0 bridgehead atoms. The third-order valence-corrected chi connectivity index (χ3v) is 2.55. The minimum atomic E-state index is -1.09. The summed E-state index contributed by atoms with van der Waals surface area (Å²) in [5.74, 6) is -0.424. The van der Waals surface area contributed by atoms with Crippen molar-refractivity contribution in [3.8, 4) is 17.0 Å². The Morgan fingerprint density at radius 2 is 2.21 bits per heavy atom. The third-order valence-electron chi connectivity index (χ3n) is 2.55. The molecule has 1 aromatic carbocycles. The lowest BCUT2D eigenvalue weighted by molar-refractivity contribution is -0.137. The number of methoxy groups -OCH3 is 1. The highest BCUT2D eigenvalue weighted by Crippen LogP contribution is 2.20. The molecule has 0 aliphatic rings. The molecule has 1 aromatic heterocycles. The van der Waals surface area contributed by atoms with E-state index in [1.807, 2.05) is 0 Å². The van der Waals surface area contributed by atoms with Crippen molar-refractivity contribution in [1.82, 2.24) is 9.55 Å². The fourth-order valence-corrected chi connectivity index (χ4v) is 1.63. The zero-order chi connectivity index (χ0) is 13.8. The van der Waals surface area contributed by atoms with E-state index in [1.165, 1.54) is 12.4 Å². The summed E-state index contributed by atoms with van der Waals surface area (Å²) in [6, 6.07) is 8.43. The maximum absolute atomic E-state index is 11.7. The first-order valence-electron chi connectivity index (χ1n) is 5.53. The van der Waals surface area contributed by atoms with Crippen molar-refractivity contribution < 1.29 is 14.6 Å². The van der Waals surface area contributed by atoms with Crippen molar-refractivity contribution in [1.29, 1.82) is 0 Å². The molecule has 1 N–H and O–H groups in total. The van der Waals surface area contributed by atoms with Gasteiger partial charge >= 0.3 is 5.97 Å². The second-order valence-corrected chi connectivity index (χ2v) is 3.87. The van der Waals surface area contributed by atoms with E-state index in [9.17, 15) is 9.59 Å². The average Bonchev–Trinajstić information content (AvgIpc) is 2.40. The minimum absolute atomic E-state index is 0.399. The molecular formula is C13H12N2O4. The highest BCUT2D eigenvalue weighted by Gasteiger charge is 2.06. The topological polar surface area (TPSA) is 81.4 Å². The van der Waals surface area contributed by atoms with Gasteiger partial charge in [0.2, 0.25) is 0 Å². The van der Waals surface area contributed by atoms with Crippen LogP contribution in [0.15, 0.2) is 41.5 Å². The molecule has 19 heavy (non-hydrogen) atoms. The molecule has 98 valence electrons. The standard InChI is InChI=1S/C13H12N2O4/c1-19-10-4-2-3-9(5-10)11-6-12(16)15(8-14-11)7-13(17)18/h2-6,8H,7H2,1H3,(H,17,18). The van der Waals surface area contributed by atoms with E-state index in [2.05, 4.69) is 4.98 Å². The van der Waals surface area contributed by atoms with Crippen molar-refractivity contribution in [2.45, 2.75) is 6.54 Å². The molecule has 0 saturated carbocycles. The van der Waals surface area contributed by atoms with Gasteiger partial charge in [0.25, 0.3) is 5.56 Å². The Morgan fingerprint density at radius 1 is 1.42 bits per heavy atom. The molecule has 0 aliphatic carbocycles. The Bertz CT molecular complexity index is 664. The first-order valence-corrected chi connectivity index (χ1v) is 5.53. The third kappa shape index (κ3) is 2.98. The Balaban J connectivity index is 2.38. The highest BCUT2D eigenvalue weighted by atomic mass is 16.5. The monoisotopic (exact) mass is 260 g/mol. The van der Waals surface area contributed by atoms with Crippen molar-refractivity contribution >= 4 is 5.97 Å². The predicted molar refractivity (Wildman–Crippen MR) is 68.1 cm³/mol. The van der Waals surface area contributed by atoms with Gasteiger partial charge in [0.1, 0.15) is 12.3 Å². The zero-order valence-electron chi connectivity index (χ0n) is 10.2. The Kier molecular flexibility index (Phi) is 3.61. The van der Waals surface area contributed by atoms with E-state index >= 15 is 0 Å². The summed E-state index contributed by atoms with van der Waals surface area (Å²) in [4.78, 5) is 26.4. The van der Waals surface area contributed by atoms with Crippen LogP contribution in [0.5, 0.6) is 5.75 Å². The van der Waals surface area contributed by atoms with Crippen LogP contribution in [0.2, 0.25) is 0 Å². The first-order chi connectivity index (χ1) is 9.10. The van der Waals surface area contributed by atoms with E-state index in [0.717, 1.165) is 10.1 Å². The molecule has 1 heterocycles. The molecular weight excluding hydrogens is 248 g/mol. The Labute approximate surface area is 108 Å². The van der Waals surface area contributed by atoms with E-state index < -0.39 is 18.1 Å². The van der Waals surface area contributed by atoms with Gasteiger partial charge < -0.3 is 9.84 Å². The predicted octanol–water partition coefficient (Wildman–Crippen LogP) is 1.00. The lowest BCUT2D eigenvalue weighted by Crippen LogP contribution is -2.23. The molecule has 0 radical (unpaired) electrons. The van der Waals surface area contributed by atoms with Gasteiger partial charge in [-0.1, -0.05) is 12.1 Å². The molecule has 0 amide bonds. The number of carbonyl (C=O) groups is 1. The number of aliphatic carboxylic acids is 1. The lowest BCUT2D eigenvalue weighted by atomic mass is 10.1. The molecule has 0 spiro atoms. The van der Waals surface area contributed by atoms with Crippen LogP contribution in [0, 0.1) is 0 Å². The van der Waals surface area contributed by atoms with Crippen LogP contribution in [-0.2, 0) is 11.3 Å². The van der Waals surface area contributed by atoms with Crippen LogP contribution < -0.4 is 10.3 Å². The number of aromatic nitrogens is 2. The minimum Gasteiger partial charge on any atom is -0.497 e. The number of benzene rings is 1. The molecule has 0 unspecified atom stereocenters. The van der Waals surface area contributed by atoms with Gasteiger partial charge in [-0.25, -0.2) is 4.98 Å². The second kappa shape index (κ2) is 5.34. The lowest BCUT2D eigenvalue weighted by Gasteiger charge is -2.05. The van der Waals surface area contributed by atoms with E-state index in [0.29, 0.717) is 11.4 Å². The summed E-state index contributed by atoms with van der Waals surface area (Å²) in [5.41, 5.74) is 0.805. The average molecular weight is 260 g/mol. The highest BCUT2D eigenvalue weighted by molar-refractivity contribution is 5.66. The largest absolute Gasteiger partial charge is 0.497 e. The molecule has 0 atom stereocenters. The number of ether oxygens (including phenoxy) is 1. The van der Waals surface area contributed by atoms with Crippen LogP contribution in [0.3, 0.4) is 0 Å². The number of carboxylic acid groups (broad SMARTS) is 1. The summed E-state index contributed by atoms with van der Waals surface area (Å²) in [5, 5.41) is 8.64. The fraction of sp³-hybridized carbons (Fsp3) is 0.154. The Morgan fingerprint density at radius 3 is 2.84 bits per heavy atom. The maximum Gasteiger partial charge on any atom is 0.323 e. The van der Waals surface area contributed by atoms with Gasteiger partial charge in [-0.3, -0.25) is 14.2 Å². The van der Waals surface area contributed by atoms with Crippen LogP contribution in [-0.4, -0.2) is 27.7 Å². The second-order valence-electron chi connectivity index (χ2n) is 3.87.